The van der Waals surface area contributed by atoms with Gasteiger partial charge in [0.1, 0.15) is 0 Å². The van der Waals surface area contributed by atoms with Crippen molar-refractivity contribution >= 4 is 11.7 Å². The summed E-state index contributed by atoms with van der Waals surface area (Å²) in [5, 5.41) is 12.1. The average Bonchev–Trinajstić information content (AvgIpc) is 2.34. The Labute approximate surface area is 122 Å². The van der Waals surface area contributed by atoms with Crippen molar-refractivity contribution in [1.29, 1.82) is 0 Å². The first kappa shape index (κ1) is 17.2. The highest BCUT2D eigenvalue weighted by Crippen LogP contribution is 2.25. The highest BCUT2D eigenvalue weighted by atomic mass is 19.1. The molecule has 118 valence electrons. The summed E-state index contributed by atoms with van der Waals surface area (Å²) >= 11 is 0. The van der Waals surface area contributed by atoms with Gasteiger partial charge >= 0.3 is 6.03 Å². The number of nitrogens with one attached hydrogen (secondary N) is 1. The normalized spacial score (nSPS) is 11.2. The van der Waals surface area contributed by atoms with Gasteiger partial charge in [-0.1, -0.05) is 0 Å². The number of carbonyl (C=O) groups is 1. The van der Waals surface area contributed by atoms with Gasteiger partial charge in [-0.25, -0.2) is 13.6 Å². The molecule has 0 saturated heterocycles. The van der Waals surface area contributed by atoms with E-state index in [1.165, 1.54) is 4.90 Å². The summed E-state index contributed by atoms with van der Waals surface area (Å²) in [5.74, 6) is -2.31. The maximum atomic E-state index is 13.5. The predicted molar refractivity (Wildman–Crippen MR) is 75.5 cm³/mol. The zero-order valence-electron chi connectivity index (χ0n) is 12.5. The zero-order valence-corrected chi connectivity index (χ0v) is 12.5. The lowest BCUT2D eigenvalue weighted by atomic mass is 10.1. The molecule has 0 aliphatic heterocycles. The number of carbonyl (C=O) groups excluding carboxylic acids is 1. The van der Waals surface area contributed by atoms with Crippen LogP contribution >= 0.6 is 0 Å². The molecule has 0 aromatic heterocycles. The van der Waals surface area contributed by atoms with Gasteiger partial charge in [-0.15, -0.1) is 0 Å². The minimum absolute atomic E-state index is 0.0232. The summed E-state index contributed by atoms with van der Waals surface area (Å²) in [6.45, 7) is 5.30. The van der Waals surface area contributed by atoms with Crippen molar-refractivity contribution in [2.24, 2.45) is 0 Å². The second-order valence-electron chi connectivity index (χ2n) is 5.23. The number of aliphatic hydroxyl groups is 1. The molecule has 0 atom stereocenters. The van der Waals surface area contributed by atoms with Crippen molar-refractivity contribution in [3.8, 4) is 5.75 Å². The van der Waals surface area contributed by atoms with E-state index < -0.39 is 29.0 Å². The molecule has 0 heterocycles. The van der Waals surface area contributed by atoms with E-state index in [1.54, 1.807) is 20.8 Å². The fourth-order valence-electron chi connectivity index (χ4n) is 1.82. The van der Waals surface area contributed by atoms with Crippen LogP contribution in [0.5, 0.6) is 5.75 Å². The number of ether oxygens (including phenoxy) is 1. The molecule has 2 N–H and O–H groups in total. The topological polar surface area (TPSA) is 61.8 Å². The van der Waals surface area contributed by atoms with Crippen LogP contribution in [0.1, 0.15) is 20.8 Å². The molecular weight excluding hydrogens is 282 g/mol. The number of hydrogen-bond acceptors (Lipinski definition) is 3. The molecule has 2 amide bonds. The Bertz CT molecular complexity index is 492. The molecule has 0 aliphatic rings. The maximum absolute atomic E-state index is 13.5. The molecule has 21 heavy (non-hydrogen) atoms. The first-order chi connectivity index (χ1) is 9.67. The van der Waals surface area contributed by atoms with E-state index in [0.717, 1.165) is 19.2 Å². The Morgan fingerprint density at radius 1 is 1.38 bits per heavy atom. The highest BCUT2D eigenvalue weighted by Gasteiger charge is 2.22. The van der Waals surface area contributed by atoms with E-state index in [-0.39, 0.29) is 12.2 Å². The number of halogens is 2. The van der Waals surface area contributed by atoms with Crippen molar-refractivity contribution in [2.45, 2.75) is 26.4 Å². The number of urea groups is 1. The Hall–Kier alpha value is -1.89. The summed E-state index contributed by atoms with van der Waals surface area (Å²) in [7, 11) is 1.15. The van der Waals surface area contributed by atoms with Gasteiger partial charge in [0.25, 0.3) is 0 Å². The Kier molecular flexibility index (Phi) is 5.48. The molecule has 7 heteroatoms. The van der Waals surface area contributed by atoms with Crippen molar-refractivity contribution < 1.29 is 23.4 Å². The summed E-state index contributed by atoms with van der Waals surface area (Å²) in [4.78, 5) is 13.4. The highest BCUT2D eigenvalue weighted by molar-refractivity contribution is 5.89. The molecule has 0 aliphatic carbocycles. The van der Waals surface area contributed by atoms with Gasteiger partial charge in [0.15, 0.2) is 17.4 Å². The van der Waals surface area contributed by atoms with Crippen molar-refractivity contribution in [1.82, 2.24) is 4.90 Å². The van der Waals surface area contributed by atoms with Crippen LogP contribution < -0.4 is 10.1 Å². The van der Waals surface area contributed by atoms with Crippen LogP contribution in [0.2, 0.25) is 0 Å². The molecule has 1 aromatic rings. The summed E-state index contributed by atoms with van der Waals surface area (Å²) in [6.07, 6.45) is 0. The first-order valence-corrected chi connectivity index (χ1v) is 6.49. The van der Waals surface area contributed by atoms with Gasteiger partial charge in [0.2, 0.25) is 0 Å². The monoisotopic (exact) mass is 302 g/mol. The second kappa shape index (κ2) is 6.71. The Balaban J connectivity index is 2.87. The number of amides is 2. The van der Waals surface area contributed by atoms with Gasteiger partial charge in [-0.2, -0.15) is 0 Å². The molecule has 0 saturated carbocycles. The number of benzene rings is 1. The van der Waals surface area contributed by atoms with Crippen LogP contribution in [-0.2, 0) is 0 Å². The Morgan fingerprint density at radius 3 is 2.29 bits per heavy atom. The average molecular weight is 302 g/mol. The van der Waals surface area contributed by atoms with Crippen LogP contribution in [0.4, 0.5) is 19.3 Å². The minimum Gasteiger partial charge on any atom is -0.491 e. The van der Waals surface area contributed by atoms with Crippen LogP contribution in [0.25, 0.3) is 0 Å². The van der Waals surface area contributed by atoms with E-state index in [4.69, 9.17) is 0 Å². The van der Waals surface area contributed by atoms with E-state index in [2.05, 4.69) is 10.1 Å². The molecule has 1 aromatic carbocycles. The third-order valence-corrected chi connectivity index (χ3v) is 2.70. The standard InChI is InChI=1S/C14H20F2N2O3/c1-5-18(8-14(2,3)20)13(19)17-9-6-10(15)12(21-4)11(16)7-9/h6-7,20H,5,8H2,1-4H3,(H,17,19). The third kappa shape index (κ3) is 4.86. The number of anilines is 1. The van der Waals surface area contributed by atoms with Crippen LogP contribution in [0.3, 0.4) is 0 Å². The lowest BCUT2D eigenvalue weighted by Gasteiger charge is -2.28. The molecule has 0 unspecified atom stereocenters. The summed E-state index contributed by atoms with van der Waals surface area (Å²) in [6, 6.07) is 1.39. The van der Waals surface area contributed by atoms with E-state index in [9.17, 15) is 18.7 Å². The van der Waals surface area contributed by atoms with Crippen molar-refractivity contribution in [3.05, 3.63) is 23.8 Å². The number of likely N-dealkylation sites (N-methyl/N-ethyl adjacent to an activating group) is 1. The fraction of sp³-hybridized carbons (Fsp3) is 0.500. The molecular formula is C14H20F2N2O3. The SMILES string of the molecule is CCN(CC(C)(C)O)C(=O)Nc1cc(F)c(OC)c(F)c1. The number of nitrogens with zero attached hydrogens (tertiary/aromatic N) is 1. The van der Waals surface area contributed by atoms with E-state index in [1.807, 2.05) is 0 Å². The molecule has 0 bridgehead atoms. The van der Waals surface area contributed by atoms with Crippen molar-refractivity contribution in [3.63, 3.8) is 0 Å². The van der Waals surface area contributed by atoms with Gasteiger partial charge in [0.05, 0.1) is 19.3 Å². The Morgan fingerprint density at radius 2 is 1.90 bits per heavy atom. The summed E-state index contributed by atoms with van der Waals surface area (Å²) < 4.78 is 31.7. The molecule has 5 nitrogen and oxygen atoms in total. The van der Waals surface area contributed by atoms with Crippen LogP contribution in [0, 0.1) is 11.6 Å². The molecule has 1 rings (SSSR count). The maximum Gasteiger partial charge on any atom is 0.321 e. The lowest BCUT2D eigenvalue weighted by molar-refractivity contribution is 0.0501. The molecule has 0 spiro atoms. The van der Waals surface area contributed by atoms with Crippen molar-refractivity contribution in [2.75, 3.05) is 25.5 Å². The van der Waals surface area contributed by atoms with Gasteiger partial charge in [-0.3, -0.25) is 0 Å². The third-order valence-electron chi connectivity index (χ3n) is 2.70. The van der Waals surface area contributed by atoms with E-state index >= 15 is 0 Å². The number of hydrogen-bond donors (Lipinski definition) is 2. The summed E-state index contributed by atoms with van der Waals surface area (Å²) in [5.41, 5.74) is -1.09. The quantitative estimate of drug-likeness (QED) is 0.879. The number of methoxy groups -OCH3 is 1. The van der Waals surface area contributed by atoms with Crippen LogP contribution in [-0.4, -0.2) is 41.8 Å². The molecule has 0 radical (unpaired) electrons. The van der Waals surface area contributed by atoms with Crippen LogP contribution in [0.15, 0.2) is 12.1 Å². The molecule has 0 fully saturated rings. The van der Waals surface area contributed by atoms with Gasteiger partial charge in [-0.05, 0) is 20.8 Å². The zero-order chi connectivity index (χ0) is 16.2. The fourth-order valence-corrected chi connectivity index (χ4v) is 1.82. The van der Waals surface area contributed by atoms with E-state index in [0.29, 0.717) is 6.54 Å². The second-order valence-corrected chi connectivity index (χ2v) is 5.23. The largest absolute Gasteiger partial charge is 0.491 e. The first-order valence-electron chi connectivity index (χ1n) is 6.49. The number of rotatable bonds is 5. The predicted octanol–water partition coefficient (Wildman–Crippen LogP) is 2.60. The van der Waals surface area contributed by atoms with Gasteiger partial charge in [0, 0.05) is 24.4 Å². The lowest BCUT2D eigenvalue weighted by Crippen LogP contribution is -2.44. The smallest absolute Gasteiger partial charge is 0.321 e. The minimum atomic E-state index is -1.07. The van der Waals surface area contributed by atoms with Gasteiger partial charge < -0.3 is 20.1 Å².